The Morgan fingerprint density at radius 3 is 2.38 bits per heavy atom. The Kier molecular flexibility index (Phi) is 4.83. The Bertz CT molecular complexity index is 697. The minimum atomic E-state index is -0.964. The lowest BCUT2D eigenvalue weighted by Gasteiger charge is -2.06. The Morgan fingerprint density at radius 2 is 1.81 bits per heavy atom. The van der Waals surface area contributed by atoms with E-state index in [2.05, 4.69) is 10.5 Å². The summed E-state index contributed by atoms with van der Waals surface area (Å²) >= 11 is 12.0. The summed E-state index contributed by atoms with van der Waals surface area (Å²) in [5, 5.41) is 14.1. The highest BCUT2D eigenvalue weighted by Gasteiger charge is 2.05. The van der Waals surface area contributed by atoms with Gasteiger partial charge in [0.25, 0.3) is 0 Å². The number of carbonyl (C=O) groups is 1. The van der Waals surface area contributed by atoms with Crippen molar-refractivity contribution in [2.24, 2.45) is 5.10 Å². The van der Waals surface area contributed by atoms with Crippen LogP contribution in [0.15, 0.2) is 47.6 Å². The lowest BCUT2D eigenvalue weighted by atomic mass is 10.1. The Hall–Kier alpha value is -2.04. The van der Waals surface area contributed by atoms with Crippen LogP contribution in [0.4, 0.5) is 5.69 Å². The molecule has 2 aromatic carbocycles. The van der Waals surface area contributed by atoms with Crippen LogP contribution in [-0.2, 0) is 0 Å². The molecular weight excluding hydrogens is 311 g/mol. The van der Waals surface area contributed by atoms with E-state index in [0.717, 1.165) is 5.56 Å². The van der Waals surface area contributed by atoms with Crippen molar-refractivity contribution in [2.75, 3.05) is 5.43 Å². The maximum absolute atomic E-state index is 10.8. The molecule has 0 amide bonds. The van der Waals surface area contributed by atoms with E-state index in [0.29, 0.717) is 21.4 Å². The third-order valence-electron chi connectivity index (χ3n) is 2.81. The van der Waals surface area contributed by atoms with E-state index in [9.17, 15) is 4.79 Å². The van der Waals surface area contributed by atoms with Crippen LogP contribution in [0.5, 0.6) is 0 Å². The molecule has 0 aromatic heterocycles. The largest absolute Gasteiger partial charge is 0.478 e. The molecule has 0 aliphatic heterocycles. The van der Waals surface area contributed by atoms with Crippen LogP contribution < -0.4 is 5.43 Å². The fourth-order valence-electron chi connectivity index (χ4n) is 1.68. The highest BCUT2D eigenvalue weighted by atomic mass is 35.5. The molecule has 0 heterocycles. The second-order valence-corrected chi connectivity index (χ2v) is 5.16. The molecule has 0 spiro atoms. The third-order valence-corrected chi connectivity index (χ3v) is 3.35. The second-order valence-electron chi connectivity index (χ2n) is 4.32. The molecule has 2 N–H and O–H groups in total. The number of hydrogen-bond acceptors (Lipinski definition) is 3. The van der Waals surface area contributed by atoms with Crippen molar-refractivity contribution in [1.82, 2.24) is 0 Å². The molecule has 108 valence electrons. The number of anilines is 1. The molecular formula is C15H12Cl2N2O2. The standard InChI is InChI=1S/C15H12Cl2N2O2/c1-9(13-7-4-11(16)8-14(13)17)18-19-12-5-2-10(3-6-12)15(20)21/h2-8,19H,1H3,(H,20,21). The highest BCUT2D eigenvalue weighted by Crippen LogP contribution is 2.21. The van der Waals surface area contributed by atoms with Gasteiger partial charge in [-0.25, -0.2) is 4.79 Å². The lowest BCUT2D eigenvalue weighted by molar-refractivity contribution is 0.0697. The Labute approximate surface area is 132 Å². The lowest BCUT2D eigenvalue weighted by Crippen LogP contribution is -2.01. The summed E-state index contributed by atoms with van der Waals surface area (Å²) in [6.45, 7) is 1.81. The predicted octanol–water partition coefficient (Wildman–Crippen LogP) is 4.53. The van der Waals surface area contributed by atoms with Gasteiger partial charge in [-0.2, -0.15) is 5.10 Å². The van der Waals surface area contributed by atoms with Gasteiger partial charge in [-0.3, -0.25) is 5.43 Å². The van der Waals surface area contributed by atoms with Crippen LogP contribution in [-0.4, -0.2) is 16.8 Å². The van der Waals surface area contributed by atoms with E-state index in [1.54, 1.807) is 30.3 Å². The van der Waals surface area contributed by atoms with E-state index in [-0.39, 0.29) is 5.56 Å². The van der Waals surface area contributed by atoms with Crippen molar-refractivity contribution in [3.8, 4) is 0 Å². The monoisotopic (exact) mass is 322 g/mol. The van der Waals surface area contributed by atoms with Gasteiger partial charge in [0.15, 0.2) is 0 Å². The number of benzene rings is 2. The first-order chi connectivity index (χ1) is 9.97. The smallest absolute Gasteiger partial charge is 0.335 e. The number of carboxylic acids is 1. The van der Waals surface area contributed by atoms with Gasteiger partial charge in [0.05, 0.1) is 22.0 Å². The summed E-state index contributed by atoms with van der Waals surface area (Å²) in [6.07, 6.45) is 0. The molecule has 2 aromatic rings. The van der Waals surface area contributed by atoms with Gasteiger partial charge in [-0.1, -0.05) is 29.3 Å². The van der Waals surface area contributed by atoms with Crippen LogP contribution >= 0.6 is 23.2 Å². The number of hydrazone groups is 1. The summed E-state index contributed by atoms with van der Waals surface area (Å²) in [6, 6.07) is 11.5. The van der Waals surface area contributed by atoms with Crippen molar-refractivity contribution in [1.29, 1.82) is 0 Å². The van der Waals surface area contributed by atoms with E-state index in [4.69, 9.17) is 28.3 Å². The van der Waals surface area contributed by atoms with E-state index >= 15 is 0 Å². The molecule has 0 fully saturated rings. The van der Waals surface area contributed by atoms with Gasteiger partial charge in [-0.05, 0) is 43.3 Å². The number of aromatic carboxylic acids is 1. The Morgan fingerprint density at radius 1 is 1.14 bits per heavy atom. The van der Waals surface area contributed by atoms with Crippen LogP contribution in [0.1, 0.15) is 22.8 Å². The molecule has 0 saturated heterocycles. The average Bonchev–Trinajstić information content (AvgIpc) is 2.45. The number of carboxylic acid groups (broad SMARTS) is 1. The predicted molar refractivity (Wildman–Crippen MR) is 85.7 cm³/mol. The zero-order chi connectivity index (χ0) is 15.4. The van der Waals surface area contributed by atoms with Crippen molar-refractivity contribution < 1.29 is 9.90 Å². The van der Waals surface area contributed by atoms with Gasteiger partial charge >= 0.3 is 5.97 Å². The number of halogens is 2. The van der Waals surface area contributed by atoms with E-state index in [1.807, 2.05) is 6.92 Å². The average molecular weight is 323 g/mol. The molecule has 4 nitrogen and oxygen atoms in total. The maximum atomic E-state index is 10.8. The maximum Gasteiger partial charge on any atom is 0.335 e. The molecule has 21 heavy (non-hydrogen) atoms. The zero-order valence-electron chi connectivity index (χ0n) is 11.1. The highest BCUT2D eigenvalue weighted by molar-refractivity contribution is 6.37. The molecule has 0 aliphatic rings. The van der Waals surface area contributed by atoms with Gasteiger partial charge in [0.1, 0.15) is 0 Å². The van der Waals surface area contributed by atoms with Crippen molar-refractivity contribution in [2.45, 2.75) is 6.92 Å². The minimum Gasteiger partial charge on any atom is -0.478 e. The van der Waals surface area contributed by atoms with Gasteiger partial charge < -0.3 is 5.11 Å². The molecule has 0 atom stereocenters. The number of rotatable bonds is 4. The number of nitrogens with zero attached hydrogens (tertiary/aromatic N) is 1. The molecule has 2 rings (SSSR count). The van der Waals surface area contributed by atoms with Crippen LogP contribution in [0.2, 0.25) is 10.0 Å². The van der Waals surface area contributed by atoms with Crippen molar-refractivity contribution in [3.05, 3.63) is 63.6 Å². The quantitative estimate of drug-likeness (QED) is 0.642. The van der Waals surface area contributed by atoms with Crippen molar-refractivity contribution in [3.63, 3.8) is 0 Å². The molecule has 6 heteroatoms. The van der Waals surface area contributed by atoms with Crippen molar-refractivity contribution >= 4 is 40.6 Å². The summed E-state index contributed by atoms with van der Waals surface area (Å²) in [5.41, 5.74) is 5.23. The number of hydrogen-bond donors (Lipinski definition) is 2. The van der Waals surface area contributed by atoms with Crippen LogP contribution in [0.3, 0.4) is 0 Å². The summed E-state index contributed by atoms with van der Waals surface area (Å²) in [4.78, 5) is 10.8. The fraction of sp³-hybridized carbons (Fsp3) is 0.0667. The van der Waals surface area contributed by atoms with E-state index in [1.165, 1.54) is 12.1 Å². The van der Waals surface area contributed by atoms with Gasteiger partial charge in [-0.15, -0.1) is 0 Å². The topological polar surface area (TPSA) is 61.7 Å². The van der Waals surface area contributed by atoms with E-state index < -0.39 is 5.97 Å². The second kappa shape index (κ2) is 6.61. The summed E-state index contributed by atoms with van der Waals surface area (Å²) in [5.74, 6) is -0.964. The summed E-state index contributed by atoms with van der Waals surface area (Å²) < 4.78 is 0. The molecule has 0 saturated carbocycles. The summed E-state index contributed by atoms with van der Waals surface area (Å²) in [7, 11) is 0. The minimum absolute atomic E-state index is 0.224. The molecule has 0 bridgehead atoms. The first kappa shape index (κ1) is 15.4. The van der Waals surface area contributed by atoms with Crippen LogP contribution in [0, 0.1) is 0 Å². The SMILES string of the molecule is CC(=NNc1ccc(C(=O)O)cc1)c1ccc(Cl)cc1Cl. The fourth-order valence-corrected chi connectivity index (χ4v) is 2.22. The normalized spacial score (nSPS) is 11.3. The Balaban J connectivity index is 2.14. The van der Waals surface area contributed by atoms with Gasteiger partial charge in [0, 0.05) is 10.6 Å². The zero-order valence-corrected chi connectivity index (χ0v) is 12.6. The van der Waals surface area contributed by atoms with Crippen LogP contribution in [0.25, 0.3) is 0 Å². The molecule has 0 aliphatic carbocycles. The van der Waals surface area contributed by atoms with Gasteiger partial charge in [0.2, 0.25) is 0 Å². The molecule has 0 radical (unpaired) electrons. The third kappa shape index (κ3) is 3.97. The molecule has 0 unspecified atom stereocenters. The first-order valence-corrected chi connectivity index (χ1v) is 6.82. The number of nitrogens with one attached hydrogen (secondary N) is 1. The first-order valence-electron chi connectivity index (χ1n) is 6.06.